The predicted molar refractivity (Wildman–Crippen MR) is 166 cm³/mol. The van der Waals surface area contributed by atoms with Gasteiger partial charge in [0.25, 0.3) is 5.91 Å². The maximum Gasteiger partial charge on any atom is 0.251 e. The van der Waals surface area contributed by atoms with Gasteiger partial charge in [-0.15, -0.1) is 0 Å². The molecular weight excluding hydrogens is 550 g/mol. The van der Waals surface area contributed by atoms with E-state index in [9.17, 15) is 9.59 Å². The van der Waals surface area contributed by atoms with Gasteiger partial charge in [-0.3, -0.25) is 9.59 Å². The minimum atomic E-state index is -0.242. The van der Waals surface area contributed by atoms with Gasteiger partial charge in [-0.2, -0.15) is 4.98 Å². The summed E-state index contributed by atoms with van der Waals surface area (Å²) in [7, 11) is 3.35. The summed E-state index contributed by atoms with van der Waals surface area (Å²) >= 11 is 0. The number of rotatable bonds is 13. The van der Waals surface area contributed by atoms with Gasteiger partial charge in [0, 0.05) is 25.2 Å². The summed E-state index contributed by atoms with van der Waals surface area (Å²) in [6, 6.07) is 5.25. The maximum atomic E-state index is 13.2. The molecule has 0 bridgehead atoms. The zero-order valence-electron chi connectivity index (χ0n) is 25.6. The minimum absolute atomic E-state index is 0.0786. The Morgan fingerprint density at radius 2 is 1.91 bits per heavy atom. The molecule has 1 aromatic heterocycles. The van der Waals surface area contributed by atoms with Crippen molar-refractivity contribution in [2.45, 2.75) is 70.1 Å². The van der Waals surface area contributed by atoms with Crippen LogP contribution in [0.25, 0.3) is 0 Å². The van der Waals surface area contributed by atoms with Crippen LogP contribution in [0, 0.1) is 0 Å². The fourth-order valence-electron chi connectivity index (χ4n) is 6.18. The molecule has 3 aliphatic rings. The molecule has 1 aromatic carbocycles. The largest absolute Gasteiger partial charge is 0.495 e. The van der Waals surface area contributed by atoms with E-state index in [0.717, 1.165) is 57.4 Å². The van der Waals surface area contributed by atoms with Crippen molar-refractivity contribution >= 4 is 35.0 Å². The first-order valence-corrected chi connectivity index (χ1v) is 15.6. The molecule has 3 heterocycles. The van der Waals surface area contributed by atoms with Crippen molar-refractivity contribution in [2.24, 2.45) is 0 Å². The summed E-state index contributed by atoms with van der Waals surface area (Å²) in [5.74, 6) is 1.53. The van der Waals surface area contributed by atoms with Crippen molar-refractivity contribution in [2.75, 3.05) is 68.7 Å². The Hall–Kier alpha value is -3.48. The highest BCUT2D eigenvalue weighted by molar-refractivity contribution is 6.04. The zero-order chi connectivity index (χ0) is 30.2. The van der Waals surface area contributed by atoms with Crippen molar-refractivity contribution in [3.05, 3.63) is 30.0 Å². The molecule has 0 unspecified atom stereocenters. The fraction of sp³-hybridized carbons (Fsp3) is 0.613. The lowest BCUT2D eigenvalue weighted by molar-refractivity contribution is -0.120. The second-order valence-electron chi connectivity index (χ2n) is 11.3. The van der Waals surface area contributed by atoms with Crippen LogP contribution in [0.3, 0.4) is 0 Å². The number of ether oxygens (including phenoxy) is 3. The molecule has 12 heteroatoms. The molecule has 12 nitrogen and oxygen atoms in total. The number of hydrogen-bond acceptors (Lipinski definition) is 10. The van der Waals surface area contributed by atoms with E-state index in [-0.39, 0.29) is 23.9 Å². The highest BCUT2D eigenvalue weighted by atomic mass is 16.5. The Morgan fingerprint density at radius 1 is 1.12 bits per heavy atom. The van der Waals surface area contributed by atoms with E-state index in [1.807, 2.05) is 6.92 Å². The topological polar surface area (TPSA) is 130 Å². The number of benzene rings is 1. The van der Waals surface area contributed by atoms with Crippen molar-refractivity contribution in [1.82, 2.24) is 20.6 Å². The molecule has 234 valence electrons. The van der Waals surface area contributed by atoms with Crippen molar-refractivity contribution in [3.63, 3.8) is 0 Å². The molecule has 1 aliphatic carbocycles. The lowest BCUT2D eigenvalue weighted by Gasteiger charge is -2.43. The maximum absolute atomic E-state index is 13.2. The molecule has 43 heavy (non-hydrogen) atoms. The number of hydrogen-bond donors (Lipinski definition) is 3. The normalized spacial score (nSPS) is 19.4. The van der Waals surface area contributed by atoms with E-state index < -0.39 is 0 Å². The molecule has 2 aromatic rings. The number of amides is 2. The molecule has 2 aliphatic heterocycles. The van der Waals surface area contributed by atoms with Crippen molar-refractivity contribution < 1.29 is 23.8 Å². The number of methoxy groups -OCH3 is 1. The molecule has 1 saturated heterocycles. The summed E-state index contributed by atoms with van der Waals surface area (Å²) in [6.07, 6.45) is 9.21. The van der Waals surface area contributed by atoms with Crippen LogP contribution in [0.2, 0.25) is 0 Å². The van der Waals surface area contributed by atoms with Crippen LogP contribution in [0.1, 0.15) is 62.2 Å². The lowest BCUT2D eigenvalue weighted by atomic mass is 10.0. The number of carbonyl (C=O) groups is 2. The Bertz CT molecular complexity index is 1250. The minimum Gasteiger partial charge on any atom is -0.495 e. The average Bonchev–Trinajstić information content (AvgIpc) is 3.57. The van der Waals surface area contributed by atoms with Gasteiger partial charge >= 0.3 is 0 Å². The Balaban J connectivity index is 1.18. The number of carbonyl (C=O) groups excluding carboxylic acids is 2. The van der Waals surface area contributed by atoms with E-state index in [1.165, 1.54) is 0 Å². The van der Waals surface area contributed by atoms with Gasteiger partial charge in [0.1, 0.15) is 17.5 Å². The smallest absolute Gasteiger partial charge is 0.251 e. The molecule has 1 atom stereocenters. The standard InChI is InChI=1S/C31H45N7O5/c1-4-25-30(40)37(2)26-20-34-31(36-28(26)38(25)22-7-5-6-8-22)35-24-10-9-21(19-27(24)41-3)29(39)33-15-16-42-17-18-43-23-11-13-32-14-12-23/h9-10,19-20,22-23,25,32H,4-8,11-18H2,1-3H3,(H,33,39)(H,34,35,36)/t25-/m1/s1. The van der Waals surface area contributed by atoms with E-state index in [4.69, 9.17) is 19.2 Å². The van der Waals surface area contributed by atoms with Gasteiger partial charge < -0.3 is 40.0 Å². The first-order chi connectivity index (χ1) is 21.0. The molecule has 1 saturated carbocycles. The molecule has 0 radical (unpaired) electrons. The third-order valence-corrected chi connectivity index (χ3v) is 8.52. The Morgan fingerprint density at radius 3 is 2.65 bits per heavy atom. The second-order valence-corrected chi connectivity index (χ2v) is 11.3. The van der Waals surface area contributed by atoms with Crippen LogP contribution >= 0.6 is 0 Å². The predicted octanol–water partition coefficient (Wildman–Crippen LogP) is 3.25. The summed E-state index contributed by atoms with van der Waals surface area (Å²) in [5, 5.41) is 9.48. The van der Waals surface area contributed by atoms with E-state index >= 15 is 0 Å². The van der Waals surface area contributed by atoms with Gasteiger partial charge in [0.15, 0.2) is 5.82 Å². The molecule has 0 spiro atoms. The van der Waals surface area contributed by atoms with E-state index in [1.54, 1.807) is 43.5 Å². The lowest BCUT2D eigenvalue weighted by Crippen LogP contribution is -2.55. The SMILES string of the molecule is CC[C@@H]1C(=O)N(C)c2cnc(Nc3ccc(C(=O)NCCOCCOC4CCNCC4)cc3OC)nc2N1C1CCCC1. The number of piperidine rings is 1. The number of nitrogens with zero attached hydrogens (tertiary/aromatic N) is 4. The molecular formula is C31H45N7O5. The number of anilines is 4. The number of nitrogens with one attached hydrogen (secondary N) is 3. The first kappa shape index (κ1) is 31.0. The quantitative estimate of drug-likeness (QED) is 0.297. The van der Waals surface area contributed by atoms with Crippen LogP contribution in [0.4, 0.5) is 23.1 Å². The van der Waals surface area contributed by atoms with Gasteiger partial charge in [-0.05, 0) is 63.4 Å². The van der Waals surface area contributed by atoms with Crippen molar-refractivity contribution in [3.8, 4) is 5.75 Å². The van der Waals surface area contributed by atoms with Crippen molar-refractivity contribution in [1.29, 1.82) is 0 Å². The Kier molecular flexibility index (Phi) is 10.7. The molecule has 5 rings (SSSR count). The number of fused-ring (bicyclic) bond motifs is 1. The summed E-state index contributed by atoms with van der Waals surface area (Å²) < 4.78 is 17.1. The van der Waals surface area contributed by atoms with Crippen LogP contribution in [0.15, 0.2) is 24.4 Å². The molecule has 3 N–H and O–H groups in total. The highest BCUT2D eigenvalue weighted by Crippen LogP contribution is 2.40. The van der Waals surface area contributed by atoms with Gasteiger partial charge in [0.05, 0.1) is 44.9 Å². The third kappa shape index (κ3) is 7.36. The van der Waals surface area contributed by atoms with Gasteiger partial charge in [-0.25, -0.2) is 4.98 Å². The Labute approximate surface area is 253 Å². The molecule has 2 amide bonds. The third-order valence-electron chi connectivity index (χ3n) is 8.52. The van der Waals surface area contributed by atoms with Gasteiger partial charge in [0.2, 0.25) is 11.9 Å². The van der Waals surface area contributed by atoms with E-state index in [2.05, 4.69) is 25.8 Å². The number of likely N-dealkylation sites (N-methyl/N-ethyl adjacent to an activating group) is 1. The summed E-state index contributed by atoms with van der Waals surface area (Å²) in [4.78, 5) is 39.2. The van der Waals surface area contributed by atoms with Crippen LogP contribution in [-0.2, 0) is 14.3 Å². The van der Waals surface area contributed by atoms with Crippen LogP contribution in [0.5, 0.6) is 5.75 Å². The summed E-state index contributed by atoms with van der Waals surface area (Å²) in [6.45, 7) is 5.91. The second kappa shape index (κ2) is 14.8. The zero-order valence-corrected chi connectivity index (χ0v) is 25.6. The highest BCUT2D eigenvalue weighted by Gasteiger charge is 2.41. The van der Waals surface area contributed by atoms with Crippen LogP contribution < -0.4 is 30.5 Å². The first-order valence-electron chi connectivity index (χ1n) is 15.6. The monoisotopic (exact) mass is 595 g/mol. The van der Waals surface area contributed by atoms with E-state index in [0.29, 0.717) is 67.5 Å². The number of aromatic nitrogens is 2. The summed E-state index contributed by atoms with van der Waals surface area (Å²) in [5.41, 5.74) is 1.82. The van der Waals surface area contributed by atoms with Crippen LogP contribution in [-0.4, -0.2) is 93.6 Å². The molecule has 2 fully saturated rings. The van der Waals surface area contributed by atoms with Gasteiger partial charge in [-0.1, -0.05) is 19.8 Å². The fourth-order valence-corrected chi connectivity index (χ4v) is 6.18. The average molecular weight is 596 g/mol.